The number of carbonyl (C=O) groups is 1. The first-order chi connectivity index (χ1) is 13.8. The molecule has 0 bridgehead atoms. The lowest BCUT2D eigenvalue weighted by Crippen LogP contribution is -2.54. The molecule has 1 heterocycles. The van der Waals surface area contributed by atoms with Crippen molar-refractivity contribution in [1.29, 1.82) is 0 Å². The maximum atomic E-state index is 12.7. The van der Waals surface area contributed by atoms with Gasteiger partial charge in [0.15, 0.2) is 0 Å². The second-order valence-corrected chi connectivity index (χ2v) is 9.78. The molecule has 29 heavy (non-hydrogen) atoms. The lowest BCUT2D eigenvalue weighted by molar-refractivity contribution is -0.121. The SMILES string of the molecule is C[C@@H](C(=O)Nc1cc(Cl)ccc1Cl)N1CCN(S(=O)(=O)Cc2ccccc2)CC1. The lowest BCUT2D eigenvalue weighted by Gasteiger charge is -2.36. The molecule has 9 heteroatoms. The summed E-state index contributed by atoms with van der Waals surface area (Å²) in [5.74, 6) is -0.230. The van der Waals surface area contributed by atoms with Crippen molar-refractivity contribution < 1.29 is 13.2 Å². The van der Waals surface area contributed by atoms with Crippen molar-refractivity contribution in [2.24, 2.45) is 0 Å². The largest absolute Gasteiger partial charge is 0.323 e. The zero-order valence-corrected chi connectivity index (χ0v) is 18.3. The van der Waals surface area contributed by atoms with E-state index >= 15 is 0 Å². The molecule has 1 N–H and O–H groups in total. The molecule has 0 aliphatic carbocycles. The van der Waals surface area contributed by atoms with Gasteiger partial charge < -0.3 is 5.32 Å². The number of nitrogens with one attached hydrogen (secondary N) is 1. The van der Waals surface area contributed by atoms with Crippen molar-refractivity contribution >= 4 is 44.8 Å². The molecular weight excluding hydrogens is 433 g/mol. The average molecular weight is 456 g/mol. The summed E-state index contributed by atoms with van der Waals surface area (Å²) in [7, 11) is -3.39. The highest BCUT2D eigenvalue weighted by Gasteiger charge is 2.31. The van der Waals surface area contributed by atoms with Gasteiger partial charge in [-0.3, -0.25) is 9.69 Å². The summed E-state index contributed by atoms with van der Waals surface area (Å²) in [5.41, 5.74) is 1.22. The predicted octanol–water partition coefficient (Wildman–Crippen LogP) is 3.47. The first-order valence-corrected chi connectivity index (χ1v) is 11.6. The first-order valence-electron chi connectivity index (χ1n) is 9.28. The molecule has 156 valence electrons. The van der Waals surface area contributed by atoms with Crippen LogP contribution in [0.15, 0.2) is 48.5 Å². The van der Waals surface area contributed by atoms with E-state index in [4.69, 9.17) is 23.2 Å². The smallest absolute Gasteiger partial charge is 0.241 e. The Kier molecular flexibility index (Phi) is 7.19. The fraction of sp³-hybridized carbons (Fsp3) is 0.350. The Balaban J connectivity index is 1.56. The number of benzene rings is 2. The number of halogens is 2. The Morgan fingerprint density at radius 1 is 1.07 bits per heavy atom. The molecule has 6 nitrogen and oxygen atoms in total. The number of hydrogen-bond donors (Lipinski definition) is 1. The summed E-state index contributed by atoms with van der Waals surface area (Å²) in [6.07, 6.45) is 0. The summed E-state index contributed by atoms with van der Waals surface area (Å²) in [5, 5.41) is 3.68. The van der Waals surface area contributed by atoms with Gasteiger partial charge in [0.1, 0.15) is 0 Å². The summed E-state index contributed by atoms with van der Waals surface area (Å²) in [4.78, 5) is 14.6. The van der Waals surface area contributed by atoms with Gasteiger partial charge in [0, 0.05) is 31.2 Å². The van der Waals surface area contributed by atoms with E-state index in [0.717, 1.165) is 5.56 Å². The summed E-state index contributed by atoms with van der Waals surface area (Å²) < 4.78 is 26.8. The summed E-state index contributed by atoms with van der Waals surface area (Å²) >= 11 is 12.1. The molecule has 2 aromatic carbocycles. The van der Waals surface area contributed by atoms with Crippen LogP contribution in [-0.2, 0) is 20.6 Å². The molecule has 1 atom stereocenters. The van der Waals surface area contributed by atoms with Crippen molar-refractivity contribution in [3.05, 3.63) is 64.1 Å². The summed E-state index contributed by atoms with van der Waals surface area (Å²) in [6.45, 7) is 3.45. The summed E-state index contributed by atoms with van der Waals surface area (Å²) in [6, 6.07) is 13.6. The molecule has 1 amide bonds. The minimum absolute atomic E-state index is 0.0167. The standard InChI is InChI=1S/C20H23Cl2N3O3S/c1-15(20(26)23-19-13-17(21)7-8-18(19)22)24-9-11-25(12-10-24)29(27,28)14-16-5-3-2-4-6-16/h2-8,13,15H,9-12,14H2,1H3,(H,23,26)/t15-/m0/s1. The van der Waals surface area contributed by atoms with Gasteiger partial charge in [-0.15, -0.1) is 0 Å². The van der Waals surface area contributed by atoms with Crippen molar-refractivity contribution in [1.82, 2.24) is 9.21 Å². The molecule has 0 spiro atoms. The highest BCUT2D eigenvalue weighted by molar-refractivity contribution is 7.88. The van der Waals surface area contributed by atoms with Crippen molar-refractivity contribution in [2.45, 2.75) is 18.7 Å². The minimum atomic E-state index is -3.39. The Morgan fingerprint density at radius 2 is 1.72 bits per heavy atom. The van der Waals surface area contributed by atoms with Gasteiger partial charge in [0.2, 0.25) is 15.9 Å². The second-order valence-electron chi connectivity index (χ2n) is 6.97. The third kappa shape index (κ3) is 5.71. The van der Waals surface area contributed by atoms with Crippen LogP contribution in [0, 0.1) is 0 Å². The number of piperazine rings is 1. The van der Waals surface area contributed by atoms with Gasteiger partial charge in [-0.2, -0.15) is 4.31 Å². The Labute approximate surface area is 181 Å². The fourth-order valence-corrected chi connectivity index (χ4v) is 5.09. The Bertz CT molecular complexity index is 962. The molecule has 1 aliphatic heterocycles. The number of carbonyl (C=O) groups excluding carboxylic acids is 1. The van der Waals surface area contributed by atoms with Crippen LogP contribution in [0.5, 0.6) is 0 Å². The fourth-order valence-electron chi connectivity index (χ4n) is 3.24. The molecule has 0 radical (unpaired) electrons. The zero-order chi connectivity index (χ0) is 21.0. The predicted molar refractivity (Wildman–Crippen MR) is 117 cm³/mol. The normalized spacial score (nSPS) is 17.1. The molecule has 0 unspecified atom stereocenters. The molecule has 1 aliphatic rings. The number of hydrogen-bond acceptors (Lipinski definition) is 4. The van der Waals surface area contributed by atoms with Crippen molar-refractivity contribution in [3.63, 3.8) is 0 Å². The molecule has 1 fully saturated rings. The highest BCUT2D eigenvalue weighted by Crippen LogP contribution is 2.26. The van der Waals surface area contributed by atoms with Crippen LogP contribution in [0.25, 0.3) is 0 Å². The van der Waals surface area contributed by atoms with E-state index in [1.165, 1.54) is 4.31 Å². The van der Waals surface area contributed by atoms with Crippen LogP contribution in [-0.4, -0.2) is 55.8 Å². The molecule has 1 saturated heterocycles. The van der Waals surface area contributed by atoms with E-state index in [9.17, 15) is 13.2 Å². The van der Waals surface area contributed by atoms with E-state index in [1.807, 2.05) is 23.1 Å². The quantitative estimate of drug-likeness (QED) is 0.723. The third-order valence-electron chi connectivity index (χ3n) is 4.97. The van der Waals surface area contributed by atoms with Crippen molar-refractivity contribution in [3.8, 4) is 0 Å². The monoisotopic (exact) mass is 455 g/mol. The second kappa shape index (κ2) is 9.45. The van der Waals surface area contributed by atoms with Gasteiger partial charge >= 0.3 is 0 Å². The molecular formula is C20H23Cl2N3O3S. The van der Waals surface area contributed by atoms with E-state index in [-0.39, 0.29) is 11.7 Å². The number of rotatable bonds is 6. The van der Waals surface area contributed by atoms with Gasteiger partial charge in [-0.05, 0) is 30.7 Å². The third-order valence-corrected chi connectivity index (χ3v) is 7.39. The molecule has 0 saturated carbocycles. The van der Waals surface area contributed by atoms with E-state index in [1.54, 1.807) is 37.3 Å². The molecule has 2 aromatic rings. The van der Waals surface area contributed by atoms with Gasteiger partial charge in [-0.25, -0.2) is 8.42 Å². The number of anilines is 1. The maximum Gasteiger partial charge on any atom is 0.241 e. The van der Waals surface area contributed by atoms with E-state index in [0.29, 0.717) is 41.9 Å². The van der Waals surface area contributed by atoms with Crippen molar-refractivity contribution in [2.75, 3.05) is 31.5 Å². The van der Waals surface area contributed by atoms with Crippen LogP contribution in [0.2, 0.25) is 10.0 Å². The van der Waals surface area contributed by atoms with Crippen LogP contribution >= 0.6 is 23.2 Å². The lowest BCUT2D eigenvalue weighted by atomic mass is 10.2. The topological polar surface area (TPSA) is 69.7 Å². The van der Waals surface area contributed by atoms with Crippen LogP contribution < -0.4 is 5.32 Å². The number of amides is 1. The minimum Gasteiger partial charge on any atom is -0.323 e. The maximum absolute atomic E-state index is 12.7. The number of nitrogens with zero attached hydrogens (tertiary/aromatic N) is 2. The van der Waals surface area contributed by atoms with Crippen LogP contribution in [0.3, 0.4) is 0 Å². The average Bonchev–Trinajstić information content (AvgIpc) is 2.70. The molecule has 3 rings (SSSR count). The van der Waals surface area contributed by atoms with E-state index in [2.05, 4.69) is 5.32 Å². The van der Waals surface area contributed by atoms with Gasteiger partial charge in [0.25, 0.3) is 0 Å². The highest BCUT2D eigenvalue weighted by atomic mass is 35.5. The van der Waals surface area contributed by atoms with E-state index < -0.39 is 16.1 Å². The van der Waals surface area contributed by atoms with Gasteiger partial charge in [0.05, 0.1) is 22.5 Å². The Morgan fingerprint density at radius 3 is 2.38 bits per heavy atom. The Hall–Kier alpha value is -1.64. The molecule has 0 aromatic heterocycles. The van der Waals surface area contributed by atoms with Crippen LogP contribution in [0.4, 0.5) is 5.69 Å². The number of sulfonamides is 1. The van der Waals surface area contributed by atoms with Gasteiger partial charge in [-0.1, -0.05) is 53.5 Å². The van der Waals surface area contributed by atoms with Crippen LogP contribution in [0.1, 0.15) is 12.5 Å². The zero-order valence-electron chi connectivity index (χ0n) is 16.0. The first kappa shape index (κ1) is 22.1.